The van der Waals surface area contributed by atoms with E-state index < -0.39 is 28.5 Å². The summed E-state index contributed by atoms with van der Waals surface area (Å²) >= 11 is 0. The van der Waals surface area contributed by atoms with Crippen molar-refractivity contribution in [2.45, 2.75) is 57.1 Å². The maximum atomic E-state index is 14.4. The van der Waals surface area contributed by atoms with Crippen LogP contribution in [0.5, 0.6) is 0 Å². The summed E-state index contributed by atoms with van der Waals surface area (Å²) in [5, 5.41) is 3.06. The van der Waals surface area contributed by atoms with Gasteiger partial charge in [-0.25, -0.2) is 8.42 Å². The number of anilines is 1. The molecule has 0 aliphatic rings. The summed E-state index contributed by atoms with van der Waals surface area (Å²) in [6, 6.07) is 33.0. The van der Waals surface area contributed by atoms with E-state index in [2.05, 4.69) is 5.32 Å². The number of hydrogen-bond acceptors (Lipinski definition) is 4. The van der Waals surface area contributed by atoms with E-state index in [0.717, 1.165) is 27.4 Å². The molecular weight excluding hydrogens is 558 g/mol. The van der Waals surface area contributed by atoms with E-state index >= 15 is 0 Å². The SMILES string of the molecule is CC[C@H](C)NC(=O)[C@H](Cc1ccccc1)N(Cc1ccc(C)cc1)C(=O)CN(c1ccccc1)S(=O)(=O)c1ccccc1. The summed E-state index contributed by atoms with van der Waals surface area (Å²) in [5.41, 5.74) is 3.16. The van der Waals surface area contributed by atoms with E-state index in [9.17, 15) is 18.0 Å². The number of amides is 2. The molecule has 4 rings (SSSR count). The van der Waals surface area contributed by atoms with Crippen molar-refractivity contribution in [2.75, 3.05) is 10.8 Å². The molecule has 4 aromatic carbocycles. The number of nitrogens with one attached hydrogen (secondary N) is 1. The molecule has 2 atom stereocenters. The van der Waals surface area contributed by atoms with Crippen molar-refractivity contribution in [1.82, 2.24) is 10.2 Å². The molecule has 0 saturated carbocycles. The fourth-order valence-electron chi connectivity index (χ4n) is 4.73. The normalized spacial score (nSPS) is 12.6. The first kappa shape index (κ1) is 31.5. The van der Waals surface area contributed by atoms with Crippen molar-refractivity contribution in [1.29, 1.82) is 0 Å². The zero-order valence-corrected chi connectivity index (χ0v) is 25.7. The summed E-state index contributed by atoms with van der Waals surface area (Å²) in [7, 11) is -4.10. The molecule has 1 N–H and O–H groups in total. The van der Waals surface area contributed by atoms with Crippen LogP contribution in [0.1, 0.15) is 37.0 Å². The second-order valence-electron chi connectivity index (χ2n) is 10.7. The lowest BCUT2D eigenvalue weighted by molar-refractivity contribution is -0.140. The average molecular weight is 598 g/mol. The number of aryl methyl sites for hydroxylation is 1. The Labute approximate surface area is 255 Å². The highest BCUT2D eigenvalue weighted by molar-refractivity contribution is 7.92. The summed E-state index contributed by atoms with van der Waals surface area (Å²) in [4.78, 5) is 29.8. The standard InChI is InChI=1S/C35H39N3O4S/c1-4-28(3)36-35(40)33(24-29-14-8-5-9-15-29)37(25-30-22-20-27(2)21-23-30)34(39)26-38(31-16-10-6-11-17-31)43(41,42)32-18-12-7-13-19-32/h5-23,28,33H,4,24-26H2,1-3H3,(H,36,40)/t28-,33-/m0/s1. The van der Waals surface area contributed by atoms with Gasteiger partial charge in [0.25, 0.3) is 10.0 Å². The average Bonchev–Trinajstić information content (AvgIpc) is 3.03. The fraction of sp³-hybridized carbons (Fsp3) is 0.257. The minimum atomic E-state index is -4.10. The molecule has 0 unspecified atom stereocenters. The second kappa shape index (κ2) is 14.6. The molecule has 0 radical (unpaired) electrons. The predicted molar refractivity (Wildman–Crippen MR) is 171 cm³/mol. The van der Waals surface area contributed by atoms with E-state index in [1.54, 1.807) is 48.5 Å². The molecule has 0 bridgehead atoms. The number of sulfonamides is 1. The zero-order chi connectivity index (χ0) is 30.8. The van der Waals surface area contributed by atoms with E-state index in [1.807, 2.05) is 75.4 Å². The quantitative estimate of drug-likeness (QED) is 0.213. The predicted octanol–water partition coefficient (Wildman–Crippen LogP) is 5.75. The van der Waals surface area contributed by atoms with Gasteiger partial charge < -0.3 is 10.2 Å². The van der Waals surface area contributed by atoms with Crippen LogP contribution >= 0.6 is 0 Å². The maximum absolute atomic E-state index is 14.4. The Morgan fingerprint density at radius 2 is 1.33 bits per heavy atom. The molecule has 0 aliphatic carbocycles. The van der Waals surface area contributed by atoms with E-state index in [1.165, 1.54) is 17.0 Å². The van der Waals surface area contributed by atoms with Gasteiger partial charge in [-0.2, -0.15) is 0 Å². The first-order valence-electron chi connectivity index (χ1n) is 14.5. The lowest BCUT2D eigenvalue weighted by Crippen LogP contribution is -2.54. The largest absolute Gasteiger partial charge is 0.352 e. The number of benzene rings is 4. The molecule has 0 saturated heterocycles. The van der Waals surface area contributed by atoms with Crippen LogP contribution in [0.25, 0.3) is 0 Å². The summed E-state index contributed by atoms with van der Waals surface area (Å²) in [6.07, 6.45) is 1.00. The Kier molecular flexibility index (Phi) is 10.7. The minimum absolute atomic E-state index is 0.0760. The van der Waals surface area contributed by atoms with Gasteiger partial charge in [0.1, 0.15) is 12.6 Å². The third-order valence-corrected chi connectivity index (χ3v) is 9.19. The smallest absolute Gasteiger partial charge is 0.264 e. The Morgan fingerprint density at radius 1 is 0.767 bits per heavy atom. The first-order valence-corrected chi connectivity index (χ1v) is 15.9. The van der Waals surface area contributed by atoms with Crippen molar-refractivity contribution in [2.24, 2.45) is 0 Å². The molecule has 224 valence electrons. The van der Waals surface area contributed by atoms with Gasteiger partial charge in [0.15, 0.2) is 0 Å². The van der Waals surface area contributed by atoms with Gasteiger partial charge in [-0.1, -0.05) is 103 Å². The molecule has 0 aromatic heterocycles. The lowest BCUT2D eigenvalue weighted by atomic mass is 10.0. The summed E-state index contributed by atoms with van der Waals surface area (Å²) < 4.78 is 29.0. The lowest BCUT2D eigenvalue weighted by Gasteiger charge is -2.34. The molecule has 0 spiro atoms. The van der Waals surface area contributed by atoms with Crippen LogP contribution in [0.3, 0.4) is 0 Å². The second-order valence-corrected chi connectivity index (χ2v) is 12.6. The summed E-state index contributed by atoms with van der Waals surface area (Å²) in [6.45, 7) is 5.55. The molecule has 0 aliphatic heterocycles. The van der Waals surface area contributed by atoms with E-state index in [4.69, 9.17) is 0 Å². The monoisotopic (exact) mass is 597 g/mol. The zero-order valence-electron chi connectivity index (χ0n) is 24.9. The van der Waals surface area contributed by atoms with Gasteiger partial charge in [-0.15, -0.1) is 0 Å². The van der Waals surface area contributed by atoms with Crippen molar-refractivity contribution >= 4 is 27.5 Å². The number of carbonyl (C=O) groups excluding carboxylic acids is 2. The van der Waals surface area contributed by atoms with Gasteiger partial charge >= 0.3 is 0 Å². The topological polar surface area (TPSA) is 86.8 Å². The highest BCUT2D eigenvalue weighted by atomic mass is 32.2. The fourth-order valence-corrected chi connectivity index (χ4v) is 6.16. The van der Waals surface area contributed by atoms with Crippen molar-refractivity contribution in [3.05, 3.63) is 132 Å². The van der Waals surface area contributed by atoms with Crippen LogP contribution in [0.4, 0.5) is 5.69 Å². The van der Waals surface area contributed by atoms with Crippen molar-refractivity contribution in [3.8, 4) is 0 Å². The minimum Gasteiger partial charge on any atom is -0.352 e. The Bertz CT molecular complexity index is 1580. The number of rotatable bonds is 13. The van der Waals surface area contributed by atoms with Gasteiger partial charge in [-0.05, 0) is 55.7 Å². The molecule has 2 amide bonds. The third-order valence-electron chi connectivity index (χ3n) is 7.40. The Morgan fingerprint density at radius 3 is 1.91 bits per heavy atom. The van der Waals surface area contributed by atoms with Crippen molar-refractivity contribution < 1.29 is 18.0 Å². The molecule has 43 heavy (non-hydrogen) atoms. The van der Waals surface area contributed by atoms with E-state index in [0.29, 0.717) is 5.69 Å². The van der Waals surface area contributed by atoms with Crippen LogP contribution in [0.15, 0.2) is 120 Å². The van der Waals surface area contributed by atoms with Crippen LogP contribution in [0, 0.1) is 6.92 Å². The molecule has 4 aromatic rings. The first-order chi connectivity index (χ1) is 20.7. The van der Waals surface area contributed by atoms with Crippen LogP contribution in [-0.2, 0) is 32.6 Å². The molecule has 0 fully saturated rings. The molecular formula is C35H39N3O4S. The highest BCUT2D eigenvalue weighted by Crippen LogP contribution is 2.25. The molecule has 8 heteroatoms. The number of carbonyl (C=O) groups is 2. The van der Waals surface area contributed by atoms with Crippen LogP contribution < -0.4 is 9.62 Å². The maximum Gasteiger partial charge on any atom is 0.264 e. The van der Waals surface area contributed by atoms with Crippen LogP contribution in [0.2, 0.25) is 0 Å². The van der Waals surface area contributed by atoms with Crippen LogP contribution in [-0.4, -0.2) is 43.8 Å². The molecule has 0 heterocycles. The number of hydrogen-bond donors (Lipinski definition) is 1. The number of nitrogens with zero attached hydrogens (tertiary/aromatic N) is 2. The van der Waals surface area contributed by atoms with Gasteiger partial charge in [-0.3, -0.25) is 13.9 Å². The van der Waals surface area contributed by atoms with Crippen molar-refractivity contribution in [3.63, 3.8) is 0 Å². The highest BCUT2D eigenvalue weighted by Gasteiger charge is 2.34. The number of para-hydroxylation sites is 1. The summed E-state index contributed by atoms with van der Waals surface area (Å²) in [5.74, 6) is -0.764. The Hall–Kier alpha value is -4.43. The van der Waals surface area contributed by atoms with Gasteiger partial charge in [0, 0.05) is 19.0 Å². The third kappa shape index (κ3) is 8.32. The van der Waals surface area contributed by atoms with Gasteiger partial charge in [0.05, 0.1) is 10.6 Å². The molecule has 7 nitrogen and oxygen atoms in total. The Balaban J connectivity index is 1.78. The van der Waals surface area contributed by atoms with E-state index in [-0.39, 0.29) is 29.8 Å². The van der Waals surface area contributed by atoms with Gasteiger partial charge in [0.2, 0.25) is 11.8 Å².